The van der Waals surface area contributed by atoms with E-state index in [4.69, 9.17) is 4.74 Å². The predicted molar refractivity (Wildman–Crippen MR) is 84.0 cm³/mol. The molecule has 0 heterocycles. The second-order valence-electron chi connectivity index (χ2n) is 5.49. The smallest absolute Gasteiger partial charge is 0.309 e. The molecule has 0 saturated heterocycles. The Labute approximate surface area is 125 Å². The summed E-state index contributed by atoms with van der Waals surface area (Å²) in [5.41, 5.74) is 1.11. The first-order chi connectivity index (χ1) is 8.70. The minimum Gasteiger partial charge on any atom is -0.469 e. The lowest BCUT2D eigenvalue weighted by atomic mass is 10.1. The number of hydrogen-bond acceptors (Lipinski definition) is 4. The summed E-state index contributed by atoms with van der Waals surface area (Å²) in [5, 5.41) is 0. The molecule has 0 bridgehead atoms. The largest absolute Gasteiger partial charge is 0.469 e. The Hall–Kier alpha value is -0.680. The summed E-state index contributed by atoms with van der Waals surface area (Å²) in [6.45, 7) is 10.7. The fourth-order valence-electron chi connectivity index (χ4n) is 1.31. The first kappa shape index (κ1) is 18.3. The average molecular weight is 333 g/mol. The number of esters is 1. The van der Waals surface area contributed by atoms with Gasteiger partial charge in [-0.2, -0.15) is 0 Å². The number of halogens is 1. The molecule has 0 aromatic heterocycles. The van der Waals surface area contributed by atoms with Gasteiger partial charge in [0.25, 0.3) is 0 Å². The zero-order valence-corrected chi connectivity index (χ0v) is 14.2. The van der Waals surface area contributed by atoms with Crippen molar-refractivity contribution in [2.75, 3.05) is 20.7 Å². The number of likely N-dealkylation sites (N-methyl/N-ethyl adjacent to an activating group) is 1. The molecular weight excluding hydrogens is 308 g/mol. The Kier molecular flexibility index (Phi) is 8.18. The zero-order chi connectivity index (χ0) is 15.1. The minimum atomic E-state index is -0.228. The summed E-state index contributed by atoms with van der Waals surface area (Å²) in [6.07, 6.45) is 3.03. The van der Waals surface area contributed by atoms with Gasteiger partial charge in [0.15, 0.2) is 0 Å². The maximum Gasteiger partial charge on any atom is 0.309 e. The molecule has 1 atom stereocenters. The number of nitrogens with zero attached hydrogens (tertiary/aromatic N) is 2. The maximum absolute atomic E-state index is 11.4. The number of carbonyl (C=O) groups is 1. The molecular formula is C14H25BrN2O2. The van der Waals surface area contributed by atoms with Gasteiger partial charge in [0.1, 0.15) is 4.95 Å². The van der Waals surface area contributed by atoms with Gasteiger partial charge >= 0.3 is 5.97 Å². The van der Waals surface area contributed by atoms with Crippen LogP contribution in [0.5, 0.6) is 0 Å². The van der Waals surface area contributed by atoms with Crippen LogP contribution in [0.1, 0.15) is 33.6 Å². The van der Waals surface area contributed by atoms with Gasteiger partial charge in [0.05, 0.1) is 13.5 Å². The highest BCUT2D eigenvalue weighted by atomic mass is 79.9. The van der Waals surface area contributed by atoms with Crippen LogP contribution in [0.25, 0.3) is 0 Å². The molecule has 0 aromatic carbocycles. The van der Waals surface area contributed by atoms with Crippen LogP contribution in [0.15, 0.2) is 16.6 Å². The van der Waals surface area contributed by atoms with Crippen molar-refractivity contribution < 1.29 is 9.53 Å². The molecule has 0 aliphatic heterocycles. The molecule has 4 nitrogen and oxygen atoms in total. The van der Waals surface area contributed by atoms with Crippen LogP contribution >= 0.6 is 15.9 Å². The maximum atomic E-state index is 11.4. The summed E-state index contributed by atoms with van der Waals surface area (Å²) >= 11 is 3.40. The van der Waals surface area contributed by atoms with Crippen molar-refractivity contribution in [3.8, 4) is 0 Å². The summed E-state index contributed by atoms with van der Waals surface area (Å²) in [7, 11) is 3.46. The van der Waals surface area contributed by atoms with Gasteiger partial charge in [-0.3, -0.25) is 14.7 Å². The number of ether oxygens (including phenoxy) is 1. The van der Waals surface area contributed by atoms with Crippen LogP contribution < -0.4 is 0 Å². The second-order valence-corrected chi connectivity index (χ2v) is 6.54. The Bertz CT molecular complexity index is 335. The molecule has 0 N–H and O–H groups in total. The number of alkyl halides is 1. The first-order valence-corrected chi connectivity index (χ1v) is 7.18. The highest BCUT2D eigenvalue weighted by Gasteiger charge is 2.16. The van der Waals surface area contributed by atoms with Crippen LogP contribution in [-0.2, 0) is 9.53 Å². The highest BCUT2D eigenvalue weighted by Crippen LogP contribution is 2.18. The molecule has 0 aromatic rings. The number of methoxy groups -OCH3 is 1. The quantitative estimate of drug-likeness (QED) is 0.236. The van der Waals surface area contributed by atoms with Gasteiger partial charge in [0.2, 0.25) is 0 Å². The lowest BCUT2D eigenvalue weighted by Gasteiger charge is -2.31. The van der Waals surface area contributed by atoms with Gasteiger partial charge in [-0.25, -0.2) is 0 Å². The molecule has 5 heteroatoms. The van der Waals surface area contributed by atoms with Crippen LogP contribution in [0, 0.1) is 0 Å². The topological polar surface area (TPSA) is 41.9 Å². The molecule has 0 fully saturated rings. The number of hydrogen-bond donors (Lipinski definition) is 0. The molecule has 0 amide bonds. The zero-order valence-electron chi connectivity index (χ0n) is 12.6. The summed E-state index contributed by atoms with van der Waals surface area (Å²) < 4.78 is 4.72. The van der Waals surface area contributed by atoms with Crippen molar-refractivity contribution in [1.82, 2.24) is 4.90 Å². The van der Waals surface area contributed by atoms with E-state index >= 15 is 0 Å². The van der Waals surface area contributed by atoms with Crippen molar-refractivity contribution >= 4 is 28.6 Å². The van der Waals surface area contributed by atoms with E-state index in [1.807, 2.05) is 0 Å². The fraction of sp³-hybridized carbons (Fsp3) is 0.714. The van der Waals surface area contributed by atoms with E-state index in [2.05, 4.69) is 66.4 Å². The predicted octanol–water partition coefficient (Wildman–Crippen LogP) is 3.02. The van der Waals surface area contributed by atoms with E-state index < -0.39 is 0 Å². The van der Waals surface area contributed by atoms with E-state index in [0.717, 1.165) is 12.1 Å². The SMILES string of the molecule is C=NC(Br)C/C(=C\CN(C)C(C)(C)C)CC(=O)OC. The Morgan fingerprint density at radius 1 is 1.53 bits per heavy atom. The highest BCUT2D eigenvalue weighted by molar-refractivity contribution is 9.09. The van der Waals surface area contributed by atoms with Crippen LogP contribution in [0.4, 0.5) is 0 Å². The molecule has 0 radical (unpaired) electrons. The molecule has 0 aliphatic carbocycles. The molecule has 0 aliphatic rings. The van der Waals surface area contributed by atoms with E-state index in [9.17, 15) is 4.79 Å². The summed E-state index contributed by atoms with van der Waals surface area (Å²) in [5.74, 6) is -0.228. The van der Waals surface area contributed by atoms with Crippen molar-refractivity contribution in [2.24, 2.45) is 4.99 Å². The lowest BCUT2D eigenvalue weighted by molar-refractivity contribution is -0.139. The van der Waals surface area contributed by atoms with Crippen molar-refractivity contribution in [3.05, 3.63) is 11.6 Å². The summed E-state index contributed by atoms with van der Waals surface area (Å²) in [6, 6.07) is 0. The number of aliphatic imine (C=N–C) groups is 1. The van der Waals surface area contributed by atoms with E-state index in [1.165, 1.54) is 7.11 Å². The van der Waals surface area contributed by atoms with Crippen molar-refractivity contribution in [2.45, 2.75) is 44.1 Å². The first-order valence-electron chi connectivity index (χ1n) is 6.26. The third kappa shape index (κ3) is 8.16. The van der Waals surface area contributed by atoms with Crippen LogP contribution in [0.2, 0.25) is 0 Å². The Morgan fingerprint density at radius 2 is 2.11 bits per heavy atom. The van der Waals surface area contributed by atoms with E-state index in [0.29, 0.717) is 12.8 Å². The monoisotopic (exact) mass is 332 g/mol. The van der Waals surface area contributed by atoms with Gasteiger partial charge in [-0.15, -0.1) is 0 Å². The number of carbonyl (C=O) groups excluding carboxylic acids is 1. The third-order valence-corrected chi connectivity index (χ3v) is 3.64. The van der Waals surface area contributed by atoms with Crippen LogP contribution in [0.3, 0.4) is 0 Å². The van der Waals surface area contributed by atoms with Crippen molar-refractivity contribution in [3.63, 3.8) is 0 Å². The standard InChI is InChI=1S/C14H25BrN2O2/c1-14(2,3)17(5)8-7-11(9-12(15)16-4)10-13(18)19-6/h7,12H,4,8-10H2,1-3,5-6H3/b11-7+. The molecule has 19 heavy (non-hydrogen) atoms. The van der Waals surface area contributed by atoms with E-state index in [-0.39, 0.29) is 16.5 Å². The third-order valence-electron chi connectivity index (χ3n) is 3.03. The molecule has 0 rings (SSSR count). The molecule has 0 spiro atoms. The average Bonchev–Trinajstić information content (AvgIpc) is 2.33. The normalized spacial score (nSPS) is 14.4. The van der Waals surface area contributed by atoms with E-state index in [1.54, 1.807) is 0 Å². The lowest BCUT2D eigenvalue weighted by Crippen LogP contribution is -2.38. The van der Waals surface area contributed by atoms with Gasteiger partial charge in [0, 0.05) is 18.5 Å². The minimum absolute atomic E-state index is 0.0663. The second kappa shape index (κ2) is 8.48. The molecule has 110 valence electrons. The Morgan fingerprint density at radius 3 is 2.53 bits per heavy atom. The fourth-order valence-corrected chi connectivity index (χ4v) is 1.72. The van der Waals surface area contributed by atoms with Gasteiger partial charge in [-0.05, 0) is 34.5 Å². The van der Waals surface area contributed by atoms with Crippen LogP contribution in [-0.4, -0.2) is 48.8 Å². The Balaban J connectivity index is 4.71. The van der Waals surface area contributed by atoms with Gasteiger partial charge in [-0.1, -0.05) is 27.6 Å². The number of rotatable bonds is 7. The molecule has 1 unspecified atom stereocenters. The van der Waals surface area contributed by atoms with Crippen molar-refractivity contribution in [1.29, 1.82) is 0 Å². The summed E-state index contributed by atoms with van der Waals surface area (Å²) in [4.78, 5) is 17.4. The van der Waals surface area contributed by atoms with Gasteiger partial charge < -0.3 is 4.74 Å². The molecule has 0 saturated carbocycles.